The quantitative estimate of drug-likeness (QED) is 0.776. The molecule has 1 rings (SSSR count). The fraction of sp³-hybridized carbons (Fsp3) is 0.500. The zero-order valence-corrected chi connectivity index (χ0v) is 8.71. The molecule has 0 saturated heterocycles. The Morgan fingerprint density at radius 3 is 2.57 bits per heavy atom. The molecule has 0 aliphatic heterocycles. The van der Waals surface area contributed by atoms with E-state index in [4.69, 9.17) is 5.73 Å². The van der Waals surface area contributed by atoms with Gasteiger partial charge < -0.3 is 11.1 Å². The van der Waals surface area contributed by atoms with Crippen molar-refractivity contribution in [2.24, 2.45) is 5.73 Å². The van der Waals surface area contributed by atoms with Crippen LogP contribution in [0.2, 0.25) is 0 Å². The lowest BCUT2D eigenvalue weighted by Gasteiger charge is -2.30. The second-order valence-corrected chi connectivity index (χ2v) is 4.00. The van der Waals surface area contributed by atoms with Crippen LogP contribution in [0.5, 0.6) is 0 Å². The average molecular weight is 197 g/mol. The predicted octanol–water partition coefficient (Wildman–Crippen LogP) is 1.76. The van der Waals surface area contributed by atoms with Gasteiger partial charge in [-0.2, -0.15) is 0 Å². The van der Waals surface area contributed by atoms with Gasteiger partial charge in [-0.1, -0.05) is 0 Å². The lowest BCUT2D eigenvalue weighted by Crippen LogP contribution is -2.47. The molecule has 0 radical (unpaired) electrons. The largest absolute Gasteiger partial charge is 0.364 e. The van der Waals surface area contributed by atoms with E-state index in [0.29, 0.717) is 5.82 Å². The molecule has 4 heteroatoms. The summed E-state index contributed by atoms with van der Waals surface area (Å²) in [5, 5.41) is 3.14. The van der Waals surface area contributed by atoms with Gasteiger partial charge in [0.05, 0.1) is 6.20 Å². The number of hydrogen-bond donors (Lipinski definition) is 2. The molecule has 1 atom stereocenters. The van der Waals surface area contributed by atoms with Gasteiger partial charge in [0.15, 0.2) is 0 Å². The van der Waals surface area contributed by atoms with Crippen molar-refractivity contribution >= 4 is 5.82 Å². The number of nitrogens with one attached hydrogen (secondary N) is 1. The van der Waals surface area contributed by atoms with Crippen LogP contribution in [0.4, 0.5) is 10.2 Å². The van der Waals surface area contributed by atoms with E-state index in [1.807, 2.05) is 20.8 Å². The predicted molar refractivity (Wildman–Crippen MR) is 55.5 cm³/mol. The fourth-order valence-electron chi connectivity index (χ4n) is 0.894. The van der Waals surface area contributed by atoms with Gasteiger partial charge in [-0.25, -0.2) is 9.37 Å². The Labute approximate surface area is 83.5 Å². The highest BCUT2D eigenvalue weighted by Crippen LogP contribution is 2.15. The summed E-state index contributed by atoms with van der Waals surface area (Å²) >= 11 is 0. The van der Waals surface area contributed by atoms with Gasteiger partial charge in [0.25, 0.3) is 0 Å². The first-order chi connectivity index (χ1) is 6.42. The second-order valence-electron chi connectivity index (χ2n) is 4.00. The average Bonchev–Trinajstić information content (AvgIpc) is 2.08. The van der Waals surface area contributed by atoms with Gasteiger partial charge >= 0.3 is 0 Å². The number of nitrogens with zero attached hydrogens (tertiary/aromatic N) is 1. The first-order valence-electron chi connectivity index (χ1n) is 4.57. The highest BCUT2D eigenvalue weighted by atomic mass is 19.1. The first kappa shape index (κ1) is 10.9. The Morgan fingerprint density at radius 2 is 2.14 bits per heavy atom. The third-order valence-electron chi connectivity index (χ3n) is 2.32. The molecule has 0 amide bonds. The molecule has 1 unspecified atom stereocenters. The van der Waals surface area contributed by atoms with Gasteiger partial charge in [-0.15, -0.1) is 0 Å². The first-order valence-corrected chi connectivity index (χ1v) is 4.57. The Kier molecular flexibility index (Phi) is 3.06. The van der Waals surface area contributed by atoms with E-state index in [1.165, 1.54) is 12.3 Å². The van der Waals surface area contributed by atoms with Crippen molar-refractivity contribution in [1.82, 2.24) is 4.98 Å². The normalized spacial score (nSPS) is 13.8. The number of aromatic nitrogens is 1. The van der Waals surface area contributed by atoms with Crippen molar-refractivity contribution in [3.8, 4) is 0 Å². The number of pyridine rings is 1. The smallest absolute Gasteiger partial charge is 0.141 e. The van der Waals surface area contributed by atoms with Crippen LogP contribution >= 0.6 is 0 Å². The van der Waals surface area contributed by atoms with Gasteiger partial charge in [0.1, 0.15) is 11.6 Å². The van der Waals surface area contributed by atoms with Gasteiger partial charge in [0, 0.05) is 11.6 Å². The maximum absolute atomic E-state index is 12.6. The third kappa shape index (κ3) is 2.67. The van der Waals surface area contributed by atoms with Crippen molar-refractivity contribution in [3.63, 3.8) is 0 Å². The summed E-state index contributed by atoms with van der Waals surface area (Å²) in [5.41, 5.74) is 5.52. The number of anilines is 1. The Bertz CT molecular complexity index is 293. The molecule has 0 spiro atoms. The van der Waals surface area contributed by atoms with E-state index in [2.05, 4.69) is 10.3 Å². The van der Waals surface area contributed by atoms with Crippen molar-refractivity contribution in [2.75, 3.05) is 5.32 Å². The molecular weight excluding hydrogens is 181 g/mol. The van der Waals surface area contributed by atoms with E-state index in [0.717, 1.165) is 0 Å². The maximum atomic E-state index is 12.6. The minimum Gasteiger partial charge on any atom is -0.364 e. The van der Waals surface area contributed by atoms with Crippen molar-refractivity contribution in [1.29, 1.82) is 0 Å². The zero-order chi connectivity index (χ0) is 10.8. The van der Waals surface area contributed by atoms with Crippen molar-refractivity contribution < 1.29 is 4.39 Å². The Hall–Kier alpha value is -1.16. The molecule has 0 bridgehead atoms. The molecular formula is C10H16FN3. The molecule has 0 aromatic carbocycles. The Balaban J connectivity index is 2.74. The number of halogens is 1. The fourth-order valence-corrected chi connectivity index (χ4v) is 0.894. The summed E-state index contributed by atoms with van der Waals surface area (Å²) in [6, 6.07) is 2.95. The van der Waals surface area contributed by atoms with Crippen molar-refractivity contribution in [3.05, 3.63) is 24.1 Å². The highest BCUT2D eigenvalue weighted by molar-refractivity contribution is 5.37. The van der Waals surface area contributed by atoms with Gasteiger partial charge in [-0.05, 0) is 32.9 Å². The molecule has 0 aliphatic carbocycles. The van der Waals surface area contributed by atoms with E-state index in [9.17, 15) is 4.39 Å². The van der Waals surface area contributed by atoms with Crippen LogP contribution in [-0.2, 0) is 0 Å². The summed E-state index contributed by atoms with van der Waals surface area (Å²) < 4.78 is 12.6. The van der Waals surface area contributed by atoms with Crippen LogP contribution in [0, 0.1) is 5.82 Å². The maximum Gasteiger partial charge on any atom is 0.141 e. The van der Waals surface area contributed by atoms with Crippen LogP contribution in [0.3, 0.4) is 0 Å². The summed E-state index contributed by atoms with van der Waals surface area (Å²) in [6.45, 7) is 5.86. The van der Waals surface area contributed by atoms with Gasteiger partial charge in [-0.3, -0.25) is 0 Å². The molecule has 0 aliphatic rings. The molecule has 0 fully saturated rings. The second kappa shape index (κ2) is 3.92. The van der Waals surface area contributed by atoms with E-state index >= 15 is 0 Å². The third-order valence-corrected chi connectivity index (χ3v) is 2.32. The summed E-state index contributed by atoms with van der Waals surface area (Å²) in [7, 11) is 0. The zero-order valence-electron chi connectivity index (χ0n) is 8.71. The lowest BCUT2D eigenvalue weighted by atomic mass is 9.97. The van der Waals surface area contributed by atoms with Crippen LogP contribution in [0.15, 0.2) is 18.3 Å². The summed E-state index contributed by atoms with van der Waals surface area (Å²) in [6.07, 6.45) is 1.18. The topological polar surface area (TPSA) is 50.9 Å². The SMILES string of the molecule is CC(N)C(C)(C)Nc1ccc(F)cn1. The molecule has 0 saturated carbocycles. The molecule has 78 valence electrons. The van der Waals surface area contributed by atoms with E-state index in [1.54, 1.807) is 6.07 Å². The highest BCUT2D eigenvalue weighted by Gasteiger charge is 2.22. The standard InChI is InChI=1S/C10H16FN3/c1-7(12)10(2,3)14-9-5-4-8(11)6-13-9/h4-7H,12H2,1-3H3,(H,13,14). The molecule has 3 nitrogen and oxygen atoms in total. The molecule has 1 aromatic heterocycles. The molecule has 14 heavy (non-hydrogen) atoms. The Morgan fingerprint density at radius 1 is 1.50 bits per heavy atom. The number of nitrogens with two attached hydrogens (primary N) is 1. The number of rotatable bonds is 3. The van der Waals surface area contributed by atoms with Gasteiger partial charge in [0.2, 0.25) is 0 Å². The van der Waals surface area contributed by atoms with Crippen LogP contribution in [-0.4, -0.2) is 16.6 Å². The molecule has 3 N–H and O–H groups in total. The summed E-state index contributed by atoms with van der Waals surface area (Å²) in [4.78, 5) is 3.90. The van der Waals surface area contributed by atoms with Crippen LogP contribution in [0.25, 0.3) is 0 Å². The minimum atomic E-state index is -0.339. The minimum absolute atomic E-state index is 0.0191. The van der Waals surface area contributed by atoms with Crippen LogP contribution in [0.1, 0.15) is 20.8 Å². The number of hydrogen-bond acceptors (Lipinski definition) is 3. The van der Waals surface area contributed by atoms with Crippen molar-refractivity contribution in [2.45, 2.75) is 32.4 Å². The van der Waals surface area contributed by atoms with E-state index < -0.39 is 0 Å². The molecule has 1 heterocycles. The lowest BCUT2D eigenvalue weighted by molar-refractivity contribution is 0.469. The summed E-state index contributed by atoms with van der Waals surface area (Å²) in [5.74, 6) is 0.294. The van der Waals surface area contributed by atoms with E-state index in [-0.39, 0.29) is 17.4 Å². The monoisotopic (exact) mass is 197 g/mol. The molecule has 1 aromatic rings. The van der Waals surface area contributed by atoms with Crippen LogP contribution < -0.4 is 11.1 Å².